The Morgan fingerprint density at radius 1 is 1.50 bits per heavy atom. The molecule has 0 aliphatic carbocycles. The van der Waals surface area contributed by atoms with Crippen molar-refractivity contribution in [2.45, 2.75) is 13.3 Å². The quantitative estimate of drug-likeness (QED) is 0.922. The van der Waals surface area contributed by atoms with Gasteiger partial charge < -0.3 is 9.67 Å². The lowest BCUT2D eigenvalue weighted by atomic mass is 10.1. The van der Waals surface area contributed by atoms with E-state index in [4.69, 9.17) is 5.11 Å². The van der Waals surface area contributed by atoms with Crippen molar-refractivity contribution in [2.24, 2.45) is 12.0 Å². The second-order valence-electron chi connectivity index (χ2n) is 4.07. The summed E-state index contributed by atoms with van der Waals surface area (Å²) < 4.78 is 2.01. The van der Waals surface area contributed by atoms with Gasteiger partial charge in [-0.3, -0.25) is 4.79 Å². The van der Waals surface area contributed by atoms with Crippen molar-refractivity contribution in [2.75, 3.05) is 0 Å². The number of hydrogen-bond donors (Lipinski definition) is 1. The van der Waals surface area contributed by atoms with Gasteiger partial charge in [0, 0.05) is 18.1 Å². The molecule has 0 aliphatic heterocycles. The van der Waals surface area contributed by atoms with Crippen molar-refractivity contribution in [1.29, 1.82) is 0 Å². The normalized spacial score (nSPS) is 11.8. The second kappa shape index (κ2) is 5.18. The molecule has 5 heteroatoms. The highest BCUT2D eigenvalue weighted by Crippen LogP contribution is 2.14. The molecule has 1 aromatic carbocycles. The molecule has 4 nitrogen and oxygen atoms in total. The molecule has 0 unspecified atom stereocenters. The largest absolute Gasteiger partial charge is 0.481 e. The number of thiazole rings is 1. The van der Waals surface area contributed by atoms with Gasteiger partial charge in [0.25, 0.3) is 0 Å². The minimum atomic E-state index is -0.829. The van der Waals surface area contributed by atoms with Gasteiger partial charge >= 0.3 is 5.97 Å². The molecule has 0 atom stereocenters. The average Bonchev–Trinajstić information content (AvgIpc) is 2.61. The van der Waals surface area contributed by atoms with Crippen LogP contribution in [0.2, 0.25) is 0 Å². The Bertz CT molecular complexity index is 640. The van der Waals surface area contributed by atoms with E-state index in [0.717, 1.165) is 21.7 Å². The molecule has 1 aromatic heterocycles. The van der Waals surface area contributed by atoms with Crippen LogP contribution in [0.15, 0.2) is 34.6 Å². The molecule has 1 N–H and O–H groups in total. The van der Waals surface area contributed by atoms with Gasteiger partial charge in [-0.25, -0.2) is 4.99 Å². The second-order valence-corrected chi connectivity index (χ2v) is 4.91. The van der Waals surface area contributed by atoms with E-state index in [9.17, 15) is 4.79 Å². The Kier molecular flexibility index (Phi) is 3.62. The van der Waals surface area contributed by atoms with E-state index < -0.39 is 5.97 Å². The summed E-state index contributed by atoms with van der Waals surface area (Å²) in [5.74, 6) is -0.829. The van der Waals surface area contributed by atoms with Gasteiger partial charge in [-0.15, -0.1) is 11.3 Å². The molecule has 94 valence electrons. The SMILES string of the molecule is Cc1csc(=Nc2cccc(CC(=O)O)c2)n1C. The van der Waals surface area contributed by atoms with E-state index in [-0.39, 0.29) is 6.42 Å². The number of aliphatic carboxylic acids is 1. The molecule has 0 fully saturated rings. The van der Waals surface area contributed by atoms with Crippen molar-refractivity contribution in [3.05, 3.63) is 45.7 Å². The first kappa shape index (κ1) is 12.6. The average molecular weight is 262 g/mol. The first-order valence-electron chi connectivity index (χ1n) is 5.53. The van der Waals surface area contributed by atoms with Crippen LogP contribution < -0.4 is 4.80 Å². The lowest BCUT2D eigenvalue weighted by molar-refractivity contribution is -0.136. The van der Waals surface area contributed by atoms with Gasteiger partial charge in [-0.2, -0.15) is 0 Å². The van der Waals surface area contributed by atoms with Crippen molar-refractivity contribution < 1.29 is 9.90 Å². The fourth-order valence-electron chi connectivity index (χ4n) is 1.57. The van der Waals surface area contributed by atoms with Crippen LogP contribution in [0.25, 0.3) is 0 Å². The van der Waals surface area contributed by atoms with Gasteiger partial charge in [-0.1, -0.05) is 12.1 Å². The molecule has 0 spiro atoms. The molecule has 2 aromatic rings. The molecular formula is C13H14N2O2S. The Hall–Kier alpha value is -1.88. The lowest BCUT2D eigenvalue weighted by Crippen LogP contribution is -2.10. The first-order chi connectivity index (χ1) is 8.56. The summed E-state index contributed by atoms with van der Waals surface area (Å²) in [7, 11) is 1.96. The zero-order chi connectivity index (χ0) is 13.1. The van der Waals surface area contributed by atoms with Gasteiger partial charge in [0.15, 0.2) is 4.80 Å². The van der Waals surface area contributed by atoms with E-state index in [1.54, 1.807) is 17.4 Å². The van der Waals surface area contributed by atoms with E-state index in [0.29, 0.717) is 0 Å². The van der Waals surface area contributed by atoms with Crippen LogP contribution in [0.1, 0.15) is 11.3 Å². The number of nitrogens with zero attached hydrogens (tertiary/aromatic N) is 2. The van der Waals surface area contributed by atoms with Crippen molar-refractivity contribution in [3.63, 3.8) is 0 Å². The molecule has 0 radical (unpaired) electrons. The smallest absolute Gasteiger partial charge is 0.307 e. The predicted octanol–water partition coefficient (Wildman–Crippen LogP) is 2.25. The van der Waals surface area contributed by atoms with Crippen LogP contribution in [0.3, 0.4) is 0 Å². The third-order valence-corrected chi connectivity index (χ3v) is 3.68. The van der Waals surface area contributed by atoms with Gasteiger partial charge in [0.1, 0.15) is 0 Å². The summed E-state index contributed by atoms with van der Waals surface area (Å²) in [6.45, 7) is 2.02. The summed E-state index contributed by atoms with van der Waals surface area (Å²) in [4.78, 5) is 16.1. The number of rotatable bonds is 3. The molecule has 0 saturated heterocycles. The highest BCUT2D eigenvalue weighted by molar-refractivity contribution is 7.07. The number of hydrogen-bond acceptors (Lipinski definition) is 3. The third kappa shape index (κ3) is 2.87. The maximum absolute atomic E-state index is 10.7. The molecule has 1 heterocycles. The number of carboxylic acids is 1. The zero-order valence-corrected chi connectivity index (χ0v) is 11.1. The Labute approximate surface area is 109 Å². The van der Waals surface area contributed by atoms with Crippen LogP contribution in [0.5, 0.6) is 0 Å². The van der Waals surface area contributed by atoms with E-state index in [2.05, 4.69) is 4.99 Å². The maximum atomic E-state index is 10.7. The summed E-state index contributed by atoms with van der Waals surface area (Å²) in [5.41, 5.74) is 2.70. The van der Waals surface area contributed by atoms with Gasteiger partial charge in [0.05, 0.1) is 12.1 Å². The van der Waals surface area contributed by atoms with Gasteiger partial charge in [-0.05, 0) is 24.6 Å². The summed E-state index contributed by atoms with van der Waals surface area (Å²) in [5, 5.41) is 10.8. The molecule has 18 heavy (non-hydrogen) atoms. The van der Waals surface area contributed by atoms with Crippen LogP contribution in [-0.2, 0) is 18.3 Å². The van der Waals surface area contributed by atoms with Crippen molar-refractivity contribution in [1.82, 2.24) is 4.57 Å². The standard InChI is InChI=1S/C13H14N2O2S/c1-9-8-18-13(15(9)2)14-11-5-3-4-10(6-11)7-12(16)17/h3-6,8H,7H2,1-2H3,(H,16,17). The van der Waals surface area contributed by atoms with Crippen LogP contribution in [0.4, 0.5) is 5.69 Å². The summed E-state index contributed by atoms with van der Waals surface area (Å²) in [6, 6.07) is 7.31. The molecule has 0 saturated carbocycles. The fraction of sp³-hybridized carbons (Fsp3) is 0.231. The van der Waals surface area contributed by atoms with Gasteiger partial charge in [0.2, 0.25) is 0 Å². The fourth-order valence-corrected chi connectivity index (χ4v) is 2.46. The van der Waals surface area contributed by atoms with Crippen LogP contribution in [0, 0.1) is 6.92 Å². The minimum Gasteiger partial charge on any atom is -0.481 e. The monoisotopic (exact) mass is 262 g/mol. The molecular weight excluding hydrogens is 248 g/mol. The van der Waals surface area contributed by atoms with E-state index >= 15 is 0 Å². The Balaban J connectivity index is 2.38. The van der Waals surface area contributed by atoms with Crippen LogP contribution >= 0.6 is 11.3 Å². The molecule has 2 rings (SSSR count). The highest BCUT2D eigenvalue weighted by Gasteiger charge is 2.01. The number of aromatic nitrogens is 1. The van der Waals surface area contributed by atoms with E-state index in [1.807, 2.05) is 42.1 Å². The third-order valence-electron chi connectivity index (χ3n) is 2.64. The molecule has 0 amide bonds. The maximum Gasteiger partial charge on any atom is 0.307 e. The summed E-state index contributed by atoms with van der Waals surface area (Å²) >= 11 is 1.57. The predicted molar refractivity (Wildman–Crippen MR) is 71.0 cm³/mol. The minimum absolute atomic E-state index is 0.0267. The van der Waals surface area contributed by atoms with Crippen molar-refractivity contribution >= 4 is 23.0 Å². The number of carbonyl (C=O) groups is 1. The Morgan fingerprint density at radius 2 is 2.28 bits per heavy atom. The zero-order valence-electron chi connectivity index (χ0n) is 10.3. The summed E-state index contributed by atoms with van der Waals surface area (Å²) in [6.07, 6.45) is 0.0267. The topological polar surface area (TPSA) is 54.6 Å². The Morgan fingerprint density at radius 3 is 2.89 bits per heavy atom. The number of aryl methyl sites for hydroxylation is 1. The lowest BCUT2D eigenvalue weighted by Gasteiger charge is -1.99. The molecule has 0 bridgehead atoms. The number of benzene rings is 1. The first-order valence-corrected chi connectivity index (χ1v) is 6.41. The highest BCUT2D eigenvalue weighted by atomic mass is 32.1. The van der Waals surface area contributed by atoms with Crippen molar-refractivity contribution in [3.8, 4) is 0 Å². The number of carboxylic acid groups (broad SMARTS) is 1. The molecule has 0 aliphatic rings. The van der Waals surface area contributed by atoms with E-state index in [1.165, 1.54) is 0 Å². The van der Waals surface area contributed by atoms with Crippen LogP contribution in [-0.4, -0.2) is 15.6 Å².